The topological polar surface area (TPSA) is 40.5 Å². The minimum Gasteiger partial charge on any atom is -0.392 e. The molecule has 2 rings (SSSR count). The minimum atomic E-state index is -0.146. The van der Waals surface area contributed by atoms with E-state index >= 15 is 0 Å². The van der Waals surface area contributed by atoms with Gasteiger partial charge in [0.15, 0.2) is 0 Å². The van der Waals surface area contributed by atoms with Crippen molar-refractivity contribution in [3.05, 3.63) is 29.8 Å². The molecule has 3 heteroatoms. The number of aliphatic hydroxyl groups is 2. The van der Waals surface area contributed by atoms with Crippen LogP contribution in [0.25, 0.3) is 0 Å². The Labute approximate surface area is 94.3 Å². The highest BCUT2D eigenvalue weighted by molar-refractivity contribution is 8.00. The lowest BCUT2D eigenvalue weighted by Gasteiger charge is -2.13. The summed E-state index contributed by atoms with van der Waals surface area (Å²) in [5.41, 5.74) is 0.936. The Morgan fingerprint density at radius 1 is 1.20 bits per heavy atom. The van der Waals surface area contributed by atoms with Crippen LogP contribution in [0.15, 0.2) is 29.2 Å². The number of hydrogen-bond donors (Lipinski definition) is 2. The zero-order chi connectivity index (χ0) is 10.7. The molecule has 1 aromatic carbocycles. The van der Waals surface area contributed by atoms with Crippen LogP contribution in [0.1, 0.15) is 24.8 Å². The van der Waals surface area contributed by atoms with Crippen LogP contribution in [0.5, 0.6) is 0 Å². The van der Waals surface area contributed by atoms with Crippen molar-refractivity contribution in [2.45, 2.75) is 42.1 Å². The summed E-state index contributed by atoms with van der Waals surface area (Å²) in [5, 5.41) is 18.9. The van der Waals surface area contributed by atoms with Crippen molar-refractivity contribution in [1.82, 2.24) is 0 Å². The standard InChI is InChI=1S/C12H16O2S/c13-8-9-4-6-10(7-5-9)15-12-3-1-2-11(12)14/h4-7,11-14H,1-3,8H2. The summed E-state index contributed by atoms with van der Waals surface area (Å²) in [4.78, 5) is 1.18. The fourth-order valence-electron chi connectivity index (χ4n) is 1.89. The second kappa shape index (κ2) is 5.01. The number of benzene rings is 1. The van der Waals surface area contributed by atoms with Crippen LogP contribution in [0.4, 0.5) is 0 Å². The summed E-state index contributed by atoms with van der Waals surface area (Å²) in [6, 6.07) is 7.90. The van der Waals surface area contributed by atoms with E-state index in [2.05, 4.69) is 0 Å². The molecule has 0 radical (unpaired) electrons. The predicted molar refractivity (Wildman–Crippen MR) is 61.9 cm³/mol. The second-order valence-electron chi connectivity index (χ2n) is 3.96. The van der Waals surface area contributed by atoms with E-state index in [-0.39, 0.29) is 12.7 Å². The molecule has 1 aliphatic rings. The molecule has 0 spiro atoms. The van der Waals surface area contributed by atoms with Gasteiger partial charge in [-0.3, -0.25) is 0 Å². The Kier molecular flexibility index (Phi) is 3.67. The van der Waals surface area contributed by atoms with E-state index in [0.717, 1.165) is 24.8 Å². The largest absolute Gasteiger partial charge is 0.392 e. The lowest BCUT2D eigenvalue weighted by atomic mass is 10.2. The van der Waals surface area contributed by atoms with Gasteiger partial charge < -0.3 is 10.2 Å². The van der Waals surface area contributed by atoms with Gasteiger partial charge in [0.25, 0.3) is 0 Å². The van der Waals surface area contributed by atoms with E-state index < -0.39 is 0 Å². The van der Waals surface area contributed by atoms with Crippen LogP contribution >= 0.6 is 11.8 Å². The molecule has 0 bridgehead atoms. The van der Waals surface area contributed by atoms with Crippen LogP contribution in [0.3, 0.4) is 0 Å². The molecule has 0 aliphatic heterocycles. The molecule has 0 aromatic heterocycles. The monoisotopic (exact) mass is 224 g/mol. The van der Waals surface area contributed by atoms with E-state index in [1.165, 1.54) is 4.90 Å². The summed E-state index contributed by atoms with van der Waals surface area (Å²) < 4.78 is 0. The Bertz CT molecular complexity index is 310. The van der Waals surface area contributed by atoms with Gasteiger partial charge in [0, 0.05) is 10.1 Å². The molecule has 1 aromatic rings. The van der Waals surface area contributed by atoms with Gasteiger partial charge in [0.2, 0.25) is 0 Å². The van der Waals surface area contributed by atoms with Crippen LogP contribution in [0, 0.1) is 0 Å². The zero-order valence-corrected chi connectivity index (χ0v) is 9.41. The number of thioether (sulfide) groups is 1. The van der Waals surface area contributed by atoms with E-state index in [0.29, 0.717) is 5.25 Å². The molecular formula is C12H16O2S. The Hall–Kier alpha value is -0.510. The molecule has 0 amide bonds. The van der Waals surface area contributed by atoms with Crippen molar-refractivity contribution in [2.75, 3.05) is 0 Å². The summed E-state index contributed by atoms with van der Waals surface area (Å²) in [6.45, 7) is 0.0942. The van der Waals surface area contributed by atoms with E-state index in [1.807, 2.05) is 24.3 Å². The lowest BCUT2D eigenvalue weighted by Crippen LogP contribution is -2.14. The van der Waals surface area contributed by atoms with E-state index in [4.69, 9.17) is 5.11 Å². The van der Waals surface area contributed by atoms with Gasteiger partial charge in [-0.1, -0.05) is 12.1 Å². The number of aliphatic hydroxyl groups excluding tert-OH is 2. The van der Waals surface area contributed by atoms with Crippen molar-refractivity contribution in [2.24, 2.45) is 0 Å². The molecule has 2 nitrogen and oxygen atoms in total. The lowest BCUT2D eigenvalue weighted by molar-refractivity contribution is 0.188. The molecule has 0 saturated heterocycles. The molecule has 2 N–H and O–H groups in total. The molecule has 1 fully saturated rings. The summed E-state index contributed by atoms with van der Waals surface area (Å²) in [5.74, 6) is 0. The quantitative estimate of drug-likeness (QED) is 0.827. The molecule has 0 heterocycles. The average molecular weight is 224 g/mol. The summed E-state index contributed by atoms with van der Waals surface area (Å²) in [7, 11) is 0. The fraction of sp³-hybridized carbons (Fsp3) is 0.500. The number of hydrogen-bond acceptors (Lipinski definition) is 3. The van der Waals surface area contributed by atoms with Crippen molar-refractivity contribution in [1.29, 1.82) is 0 Å². The maximum Gasteiger partial charge on any atom is 0.0681 e. The third kappa shape index (κ3) is 2.74. The van der Waals surface area contributed by atoms with Gasteiger partial charge in [0.1, 0.15) is 0 Å². The van der Waals surface area contributed by atoms with Crippen molar-refractivity contribution in [3.63, 3.8) is 0 Å². The van der Waals surface area contributed by atoms with Crippen LogP contribution < -0.4 is 0 Å². The molecule has 2 atom stereocenters. The molecule has 82 valence electrons. The van der Waals surface area contributed by atoms with Gasteiger partial charge in [-0.15, -0.1) is 11.8 Å². The van der Waals surface area contributed by atoms with Gasteiger partial charge >= 0.3 is 0 Å². The third-order valence-corrected chi connectivity index (χ3v) is 4.21. The second-order valence-corrected chi connectivity index (χ2v) is 5.27. The van der Waals surface area contributed by atoms with E-state index in [9.17, 15) is 5.11 Å². The van der Waals surface area contributed by atoms with Crippen LogP contribution in [-0.2, 0) is 6.61 Å². The molecule has 1 aliphatic carbocycles. The van der Waals surface area contributed by atoms with Crippen LogP contribution in [-0.4, -0.2) is 21.6 Å². The average Bonchev–Trinajstić information content (AvgIpc) is 2.66. The highest BCUT2D eigenvalue weighted by Crippen LogP contribution is 2.34. The third-order valence-electron chi connectivity index (χ3n) is 2.81. The first-order valence-electron chi connectivity index (χ1n) is 5.34. The SMILES string of the molecule is OCc1ccc(SC2CCCC2O)cc1. The van der Waals surface area contributed by atoms with Gasteiger partial charge in [-0.25, -0.2) is 0 Å². The molecule has 1 saturated carbocycles. The first-order valence-corrected chi connectivity index (χ1v) is 6.22. The molecule has 15 heavy (non-hydrogen) atoms. The fourth-order valence-corrected chi connectivity index (χ4v) is 3.11. The number of rotatable bonds is 3. The smallest absolute Gasteiger partial charge is 0.0681 e. The Morgan fingerprint density at radius 2 is 1.93 bits per heavy atom. The predicted octanol–water partition coefficient (Wildman–Crippen LogP) is 2.18. The summed E-state index contributed by atoms with van der Waals surface area (Å²) >= 11 is 1.75. The molecular weight excluding hydrogens is 208 g/mol. The van der Waals surface area contributed by atoms with E-state index in [1.54, 1.807) is 11.8 Å². The highest BCUT2D eigenvalue weighted by Gasteiger charge is 2.25. The van der Waals surface area contributed by atoms with Crippen LogP contribution in [0.2, 0.25) is 0 Å². The summed E-state index contributed by atoms with van der Waals surface area (Å²) in [6.07, 6.45) is 3.03. The zero-order valence-electron chi connectivity index (χ0n) is 8.60. The normalized spacial score (nSPS) is 25.7. The van der Waals surface area contributed by atoms with Crippen molar-refractivity contribution < 1.29 is 10.2 Å². The first kappa shape index (κ1) is 11.0. The maximum atomic E-state index is 9.69. The van der Waals surface area contributed by atoms with Gasteiger partial charge in [-0.2, -0.15) is 0 Å². The Morgan fingerprint density at radius 3 is 2.47 bits per heavy atom. The van der Waals surface area contributed by atoms with Crippen molar-refractivity contribution in [3.8, 4) is 0 Å². The van der Waals surface area contributed by atoms with Gasteiger partial charge in [0.05, 0.1) is 12.7 Å². The molecule has 2 unspecified atom stereocenters. The first-order chi connectivity index (χ1) is 7.29. The van der Waals surface area contributed by atoms with Crippen molar-refractivity contribution >= 4 is 11.8 Å². The Balaban J connectivity index is 1.98. The van der Waals surface area contributed by atoms with Gasteiger partial charge in [-0.05, 0) is 37.0 Å². The maximum absolute atomic E-state index is 9.69. The highest BCUT2D eigenvalue weighted by atomic mass is 32.2. The minimum absolute atomic E-state index is 0.0942.